The Kier molecular flexibility index (Phi) is 5.62. The molecule has 1 aliphatic rings. The molecular formula is C14H28N2O3. The Hall–Kier alpha value is -0.810. The van der Waals surface area contributed by atoms with Crippen molar-refractivity contribution in [3.8, 4) is 0 Å². The fourth-order valence-electron chi connectivity index (χ4n) is 2.25. The van der Waals surface area contributed by atoms with Crippen molar-refractivity contribution in [2.24, 2.45) is 0 Å². The molecule has 0 aromatic rings. The third-order valence-corrected chi connectivity index (χ3v) is 3.34. The van der Waals surface area contributed by atoms with E-state index >= 15 is 0 Å². The molecule has 1 N–H and O–H groups in total. The number of hydrogen-bond donors (Lipinski definition) is 1. The van der Waals surface area contributed by atoms with Gasteiger partial charge in [-0.2, -0.15) is 0 Å². The molecule has 112 valence electrons. The molecule has 1 amide bonds. The number of β-amino-alcohol motifs (C(OH)–C–C–N with tert-alkyl or cyclic N) is 1. The highest BCUT2D eigenvalue weighted by molar-refractivity contribution is 5.68. The van der Waals surface area contributed by atoms with Gasteiger partial charge in [-0.1, -0.05) is 13.3 Å². The number of nitrogens with zero attached hydrogens (tertiary/aromatic N) is 2. The highest BCUT2D eigenvalue weighted by atomic mass is 16.6. The Morgan fingerprint density at radius 3 is 2.58 bits per heavy atom. The van der Waals surface area contributed by atoms with Crippen molar-refractivity contribution in [2.45, 2.75) is 58.3 Å². The maximum atomic E-state index is 12.0. The molecule has 2 atom stereocenters. The van der Waals surface area contributed by atoms with Gasteiger partial charge >= 0.3 is 6.09 Å². The van der Waals surface area contributed by atoms with Gasteiger partial charge in [-0.3, -0.25) is 4.90 Å². The molecule has 1 fully saturated rings. The van der Waals surface area contributed by atoms with E-state index in [1.807, 2.05) is 27.8 Å². The fraction of sp³-hybridized carbons (Fsp3) is 0.929. The average Bonchev–Trinajstić information content (AvgIpc) is 2.66. The first-order chi connectivity index (χ1) is 8.74. The number of hydrogen-bond acceptors (Lipinski definition) is 4. The number of amides is 1. The van der Waals surface area contributed by atoms with Gasteiger partial charge in [0.2, 0.25) is 0 Å². The molecule has 1 saturated heterocycles. The second kappa shape index (κ2) is 6.57. The third-order valence-electron chi connectivity index (χ3n) is 3.34. The quantitative estimate of drug-likeness (QED) is 0.846. The first kappa shape index (κ1) is 16.2. The van der Waals surface area contributed by atoms with Crippen LogP contribution in [-0.4, -0.2) is 65.4 Å². The Bertz CT molecular complexity index is 302. The molecule has 1 heterocycles. The van der Waals surface area contributed by atoms with Crippen LogP contribution in [0.2, 0.25) is 0 Å². The van der Waals surface area contributed by atoms with Gasteiger partial charge in [0.05, 0.1) is 18.7 Å². The van der Waals surface area contributed by atoms with E-state index in [1.165, 1.54) is 0 Å². The molecule has 19 heavy (non-hydrogen) atoms. The van der Waals surface area contributed by atoms with E-state index in [4.69, 9.17) is 4.74 Å². The van der Waals surface area contributed by atoms with Crippen LogP contribution in [0.3, 0.4) is 0 Å². The van der Waals surface area contributed by atoms with E-state index < -0.39 is 11.7 Å². The van der Waals surface area contributed by atoms with Crippen LogP contribution in [0.5, 0.6) is 0 Å². The summed E-state index contributed by atoms with van der Waals surface area (Å²) in [5.41, 5.74) is -0.492. The van der Waals surface area contributed by atoms with Crippen LogP contribution in [0.25, 0.3) is 0 Å². The van der Waals surface area contributed by atoms with Crippen molar-refractivity contribution in [3.05, 3.63) is 0 Å². The third kappa shape index (κ3) is 4.99. The predicted octanol–water partition coefficient (Wildman–Crippen LogP) is 1.70. The molecule has 0 aromatic carbocycles. The molecule has 0 aromatic heterocycles. The summed E-state index contributed by atoms with van der Waals surface area (Å²) in [5, 5.41) is 10.1. The maximum Gasteiger partial charge on any atom is 0.410 e. The summed E-state index contributed by atoms with van der Waals surface area (Å²) in [6, 6.07) is 0.0130. The number of rotatable bonds is 4. The Morgan fingerprint density at radius 1 is 1.42 bits per heavy atom. The smallest absolute Gasteiger partial charge is 0.410 e. The van der Waals surface area contributed by atoms with Crippen LogP contribution in [-0.2, 0) is 4.74 Å². The largest absolute Gasteiger partial charge is 0.444 e. The monoisotopic (exact) mass is 272 g/mol. The summed E-state index contributed by atoms with van der Waals surface area (Å²) in [5.74, 6) is 0. The van der Waals surface area contributed by atoms with Gasteiger partial charge in [-0.15, -0.1) is 0 Å². The summed E-state index contributed by atoms with van der Waals surface area (Å²) < 4.78 is 5.34. The van der Waals surface area contributed by atoms with Crippen LogP contribution in [0.1, 0.15) is 40.5 Å². The summed E-state index contributed by atoms with van der Waals surface area (Å²) in [4.78, 5) is 15.7. The first-order valence-corrected chi connectivity index (χ1v) is 7.11. The highest BCUT2D eigenvalue weighted by Crippen LogP contribution is 2.19. The molecule has 0 unspecified atom stereocenters. The van der Waals surface area contributed by atoms with Crippen molar-refractivity contribution in [1.82, 2.24) is 9.80 Å². The van der Waals surface area contributed by atoms with E-state index in [0.717, 1.165) is 19.4 Å². The topological polar surface area (TPSA) is 53.0 Å². The van der Waals surface area contributed by atoms with Gasteiger partial charge in [0.1, 0.15) is 5.60 Å². The zero-order valence-corrected chi connectivity index (χ0v) is 12.8. The molecule has 1 aliphatic heterocycles. The summed E-state index contributed by atoms with van der Waals surface area (Å²) >= 11 is 0. The van der Waals surface area contributed by atoms with Crippen LogP contribution < -0.4 is 0 Å². The standard InChI is InChI=1S/C14H28N2O3/c1-6-7-8-15(5)11-9-16(10-12(11)17)13(18)19-14(2,3)4/h11-12,17H,6-10H2,1-5H3/t11-,12-/m1/s1. The van der Waals surface area contributed by atoms with Gasteiger partial charge in [-0.05, 0) is 40.8 Å². The summed E-state index contributed by atoms with van der Waals surface area (Å²) in [7, 11) is 2.00. The zero-order valence-electron chi connectivity index (χ0n) is 12.8. The number of ether oxygens (including phenoxy) is 1. The predicted molar refractivity (Wildman–Crippen MR) is 75.1 cm³/mol. The summed E-state index contributed by atoms with van der Waals surface area (Å²) in [6.45, 7) is 9.53. The molecule has 0 bridgehead atoms. The molecule has 0 saturated carbocycles. The van der Waals surface area contributed by atoms with Crippen molar-refractivity contribution in [2.75, 3.05) is 26.7 Å². The Morgan fingerprint density at radius 2 is 2.05 bits per heavy atom. The number of likely N-dealkylation sites (N-methyl/N-ethyl adjacent to an activating group) is 1. The molecule has 5 heteroatoms. The second-order valence-electron chi connectivity index (χ2n) is 6.35. The molecule has 1 rings (SSSR count). The number of likely N-dealkylation sites (tertiary alicyclic amines) is 1. The van der Waals surface area contributed by atoms with Crippen LogP contribution in [0, 0.1) is 0 Å². The van der Waals surface area contributed by atoms with E-state index in [2.05, 4.69) is 11.8 Å². The number of unbranched alkanes of at least 4 members (excludes halogenated alkanes) is 1. The molecule has 0 radical (unpaired) electrons. The lowest BCUT2D eigenvalue weighted by Crippen LogP contribution is -2.41. The number of carbonyl (C=O) groups excluding carboxylic acids is 1. The van der Waals surface area contributed by atoms with E-state index in [1.54, 1.807) is 4.90 Å². The minimum Gasteiger partial charge on any atom is -0.444 e. The van der Waals surface area contributed by atoms with Crippen LogP contribution >= 0.6 is 0 Å². The fourth-order valence-corrected chi connectivity index (χ4v) is 2.25. The lowest BCUT2D eigenvalue weighted by atomic mass is 10.2. The average molecular weight is 272 g/mol. The van der Waals surface area contributed by atoms with E-state index in [-0.39, 0.29) is 12.1 Å². The second-order valence-corrected chi connectivity index (χ2v) is 6.35. The summed E-state index contributed by atoms with van der Waals surface area (Å²) in [6.07, 6.45) is 1.40. The van der Waals surface area contributed by atoms with Crippen molar-refractivity contribution >= 4 is 6.09 Å². The molecule has 0 spiro atoms. The molecule has 0 aliphatic carbocycles. The first-order valence-electron chi connectivity index (χ1n) is 7.11. The maximum absolute atomic E-state index is 12.0. The highest BCUT2D eigenvalue weighted by Gasteiger charge is 2.37. The SMILES string of the molecule is CCCCN(C)[C@@H]1CN(C(=O)OC(C)(C)C)C[C@H]1O. The van der Waals surface area contributed by atoms with Crippen LogP contribution in [0.15, 0.2) is 0 Å². The lowest BCUT2D eigenvalue weighted by Gasteiger charge is -2.27. The zero-order chi connectivity index (χ0) is 14.6. The van der Waals surface area contributed by atoms with Crippen molar-refractivity contribution in [1.29, 1.82) is 0 Å². The van der Waals surface area contributed by atoms with Crippen molar-refractivity contribution < 1.29 is 14.6 Å². The number of aliphatic hydroxyl groups is 1. The minimum atomic E-state index is -0.492. The van der Waals surface area contributed by atoms with Gasteiger partial charge in [-0.25, -0.2) is 4.79 Å². The number of aliphatic hydroxyl groups excluding tert-OH is 1. The van der Waals surface area contributed by atoms with Crippen LogP contribution in [0.4, 0.5) is 4.79 Å². The van der Waals surface area contributed by atoms with Gasteiger partial charge in [0, 0.05) is 6.54 Å². The molecular weight excluding hydrogens is 244 g/mol. The van der Waals surface area contributed by atoms with Gasteiger partial charge in [0.25, 0.3) is 0 Å². The Labute approximate surface area is 116 Å². The van der Waals surface area contributed by atoms with Gasteiger partial charge < -0.3 is 14.7 Å². The van der Waals surface area contributed by atoms with E-state index in [0.29, 0.717) is 13.1 Å². The number of carbonyl (C=O) groups is 1. The normalized spacial score (nSPS) is 24.1. The van der Waals surface area contributed by atoms with E-state index in [9.17, 15) is 9.90 Å². The molecule has 5 nitrogen and oxygen atoms in total. The van der Waals surface area contributed by atoms with Crippen molar-refractivity contribution in [3.63, 3.8) is 0 Å². The Balaban J connectivity index is 2.52. The van der Waals surface area contributed by atoms with Gasteiger partial charge in [0.15, 0.2) is 0 Å². The lowest BCUT2D eigenvalue weighted by molar-refractivity contribution is 0.0269. The minimum absolute atomic E-state index is 0.0130.